The van der Waals surface area contributed by atoms with Crippen molar-refractivity contribution in [1.82, 2.24) is 14.8 Å². The number of amides is 1. The molecule has 0 bridgehead atoms. The number of carbonyl (C=O) groups excluding carboxylic acids is 1. The molecule has 1 heterocycles. The third-order valence-electron chi connectivity index (χ3n) is 4.13. The topological polar surface area (TPSA) is 59.8 Å². The highest BCUT2D eigenvalue weighted by Gasteiger charge is 2.16. The van der Waals surface area contributed by atoms with E-state index in [-0.39, 0.29) is 5.91 Å². The molecule has 1 aromatic heterocycles. The minimum absolute atomic E-state index is 0.0715. The Balaban J connectivity index is 1.71. The molecule has 1 aliphatic rings. The molecule has 5 nitrogen and oxygen atoms in total. The van der Waals surface area contributed by atoms with Crippen LogP contribution in [0.1, 0.15) is 39.0 Å². The van der Waals surface area contributed by atoms with Crippen molar-refractivity contribution in [3.05, 3.63) is 30.6 Å². The van der Waals surface area contributed by atoms with Gasteiger partial charge < -0.3 is 5.32 Å². The third kappa shape index (κ3) is 4.34. The number of nitrogens with one attached hydrogen (secondary N) is 1. The quantitative estimate of drug-likeness (QED) is 0.845. The van der Waals surface area contributed by atoms with Crippen molar-refractivity contribution in [3.8, 4) is 5.69 Å². The van der Waals surface area contributed by atoms with Crippen molar-refractivity contribution in [2.24, 2.45) is 5.92 Å². The van der Waals surface area contributed by atoms with E-state index in [1.807, 2.05) is 28.8 Å². The summed E-state index contributed by atoms with van der Waals surface area (Å²) < 4.78 is 1.98. The van der Waals surface area contributed by atoms with Crippen LogP contribution in [-0.4, -0.2) is 26.4 Å². The summed E-state index contributed by atoms with van der Waals surface area (Å²) in [4.78, 5) is 11.2. The molecule has 1 saturated carbocycles. The number of benzene rings is 1. The van der Waals surface area contributed by atoms with Gasteiger partial charge in [0.15, 0.2) is 5.16 Å². The van der Waals surface area contributed by atoms with Crippen LogP contribution in [-0.2, 0) is 4.79 Å². The zero-order valence-corrected chi connectivity index (χ0v) is 14.2. The first-order valence-corrected chi connectivity index (χ1v) is 9.12. The molecule has 1 aliphatic carbocycles. The summed E-state index contributed by atoms with van der Waals surface area (Å²) in [5.41, 5.74) is 1.75. The maximum absolute atomic E-state index is 11.2. The first-order valence-electron chi connectivity index (χ1n) is 8.13. The molecular weight excluding hydrogens is 308 g/mol. The number of nitrogens with zero attached hydrogens (tertiary/aromatic N) is 3. The summed E-state index contributed by atoms with van der Waals surface area (Å²) >= 11 is 1.78. The molecule has 0 unspecified atom stereocenters. The second kappa shape index (κ2) is 7.64. The zero-order valence-electron chi connectivity index (χ0n) is 13.4. The van der Waals surface area contributed by atoms with Gasteiger partial charge in [-0.05, 0) is 37.0 Å². The molecule has 1 amide bonds. The molecule has 6 heteroatoms. The van der Waals surface area contributed by atoms with Gasteiger partial charge in [0.1, 0.15) is 6.33 Å². The lowest BCUT2D eigenvalue weighted by Crippen LogP contribution is -2.09. The molecule has 0 aliphatic heterocycles. The Kier molecular flexibility index (Phi) is 5.33. The molecular formula is C17H22N4OS. The van der Waals surface area contributed by atoms with Crippen molar-refractivity contribution < 1.29 is 4.79 Å². The van der Waals surface area contributed by atoms with Gasteiger partial charge in [0.05, 0.1) is 5.69 Å². The Morgan fingerprint density at radius 1 is 1.35 bits per heavy atom. The minimum atomic E-state index is -0.0715. The number of carbonyl (C=O) groups is 1. The van der Waals surface area contributed by atoms with Crippen LogP contribution in [0, 0.1) is 5.92 Å². The van der Waals surface area contributed by atoms with Crippen LogP contribution in [0.15, 0.2) is 35.7 Å². The smallest absolute Gasteiger partial charge is 0.221 e. The average molecular weight is 330 g/mol. The summed E-state index contributed by atoms with van der Waals surface area (Å²) in [5.74, 6) is 1.83. The van der Waals surface area contributed by atoms with E-state index in [4.69, 9.17) is 0 Å². The van der Waals surface area contributed by atoms with Crippen molar-refractivity contribution in [2.75, 3.05) is 11.1 Å². The summed E-state index contributed by atoms with van der Waals surface area (Å²) in [5, 5.41) is 12.0. The van der Waals surface area contributed by atoms with Gasteiger partial charge in [-0.2, -0.15) is 0 Å². The molecule has 122 valence electrons. The summed E-state index contributed by atoms with van der Waals surface area (Å²) in [6.45, 7) is 1.51. The van der Waals surface area contributed by atoms with E-state index in [9.17, 15) is 4.79 Å². The van der Waals surface area contributed by atoms with Crippen LogP contribution in [0.4, 0.5) is 5.69 Å². The van der Waals surface area contributed by atoms with Crippen molar-refractivity contribution in [2.45, 2.75) is 44.2 Å². The van der Waals surface area contributed by atoms with Crippen molar-refractivity contribution in [1.29, 1.82) is 0 Å². The SMILES string of the molecule is CC(=O)Nc1cccc(-n2cnnc2SCC2CCCCC2)c1. The molecule has 0 saturated heterocycles. The van der Waals surface area contributed by atoms with E-state index in [0.29, 0.717) is 0 Å². The second-order valence-corrected chi connectivity index (χ2v) is 7.02. The highest BCUT2D eigenvalue weighted by atomic mass is 32.2. The van der Waals surface area contributed by atoms with E-state index in [1.165, 1.54) is 39.0 Å². The van der Waals surface area contributed by atoms with Crippen LogP contribution in [0.3, 0.4) is 0 Å². The maximum atomic E-state index is 11.2. The lowest BCUT2D eigenvalue weighted by atomic mass is 9.91. The fraction of sp³-hybridized carbons (Fsp3) is 0.471. The number of thioether (sulfide) groups is 1. The molecule has 3 rings (SSSR count). The minimum Gasteiger partial charge on any atom is -0.326 e. The monoisotopic (exact) mass is 330 g/mol. The van der Waals surface area contributed by atoms with Gasteiger partial charge in [-0.1, -0.05) is 37.1 Å². The highest BCUT2D eigenvalue weighted by Crippen LogP contribution is 2.30. The zero-order chi connectivity index (χ0) is 16.1. The van der Waals surface area contributed by atoms with Crippen molar-refractivity contribution >= 4 is 23.4 Å². The Morgan fingerprint density at radius 3 is 2.96 bits per heavy atom. The molecule has 1 fully saturated rings. The number of aromatic nitrogens is 3. The third-order valence-corrected chi connectivity index (χ3v) is 5.31. The van der Waals surface area contributed by atoms with E-state index in [1.54, 1.807) is 18.1 Å². The van der Waals surface area contributed by atoms with Crippen LogP contribution >= 0.6 is 11.8 Å². The van der Waals surface area contributed by atoms with Gasteiger partial charge in [-0.25, -0.2) is 0 Å². The molecule has 0 atom stereocenters. The Labute approximate surface area is 140 Å². The number of anilines is 1. The van der Waals surface area contributed by atoms with Crippen LogP contribution in [0.25, 0.3) is 5.69 Å². The molecule has 0 spiro atoms. The number of rotatable bonds is 5. The van der Waals surface area contributed by atoms with E-state index < -0.39 is 0 Å². The first kappa shape index (κ1) is 16.1. The van der Waals surface area contributed by atoms with Gasteiger partial charge in [0, 0.05) is 18.4 Å². The molecule has 2 aromatic rings. The Hall–Kier alpha value is -1.82. The number of hydrogen-bond donors (Lipinski definition) is 1. The Bertz CT molecular complexity index is 664. The predicted molar refractivity (Wildman–Crippen MR) is 93.0 cm³/mol. The van der Waals surface area contributed by atoms with E-state index in [2.05, 4.69) is 15.5 Å². The normalized spacial score (nSPS) is 15.5. The van der Waals surface area contributed by atoms with Gasteiger partial charge in [0.2, 0.25) is 5.91 Å². The highest BCUT2D eigenvalue weighted by molar-refractivity contribution is 7.99. The summed E-state index contributed by atoms with van der Waals surface area (Å²) in [6, 6.07) is 7.75. The van der Waals surface area contributed by atoms with Gasteiger partial charge in [-0.3, -0.25) is 9.36 Å². The average Bonchev–Trinajstić information content (AvgIpc) is 3.02. The summed E-state index contributed by atoms with van der Waals surface area (Å²) in [6.07, 6.45) is 8.50. The first-order chi connectivity index (χ1) is 11.2. The second-order valence-electron chi connectivity index (χ2n) is 6.03. The van der Waals surface area contributed by atoms with Gasteiger partial charge in [0.25, 0.3) is 0 Å². The molecule has 23 heavy (non-hydrogen) atoms. The van der Waals surface area contributed by atoms with E-state index >= 15 is 0 Å². The van der Waals surface area contributed by atoms with Crippen molar-refractivity contribution in [3.63, 3.8) is 0 Å². The summed E-state index contributed by atoms with van der Waals surface area (Å²) in [7, 11) is 0. The Morgan fingerprint density at radius 2 is 2.17 bits per heavy atom. The van der Waals surface area contributed by atoms with Crippen LogP contribution in [0.5, 0.6) is 0 Å². The number of hydrogen-bond acceptors (Lipinski definition) is 4. The fourth-order valence-corrected chi connectivity index (χ4v) is 4.10. The molecule has 1 N–H and O–H groups in total. The van der Waals surface area contributed by atoms with Crippen LogP contribution < -0.4 is 5.32 Å². The fourth-order valence-electron chi connectivity index (χ4n) is 2.98. The van der Waals surface area contributed by atoms with Crippen LogP contribution in [0.2, 0.25) is 0 Å². The molecule has 0 radical (unpaired) electrons. The van der Waals surface area contributed by atoms with Gasteiger partial charge >= 0.3 is 0 Å². The lowest BCUT2D eigenvalue weighted by molar-refractivity contribution is -0.114. The van der Waals surface area contributed by atoms with Gasteiger partial charge in [-0.15, -0.1) is 10.2 Å². The van der Waals surface area contributed by atoms with E-state index in [0.717, 1.165) is 28.2 Å². The maximum Gasteiger partial charge on any atom is 0.221 e. The lowest BCUT2D eigenvalue weighted by Gasteiger charge is -2.20. The standard InChI is InChI=1S/C17H22N4OS/c1-13(22)19-15-8-5-9-16(10-15)21-12-18-20-17(21)23-11-14-6-3-2-4-7-14/h5,8-10,12,14H,2-4,6-7,11H2,1H3,(H,19,22). The predicted octanol–water partition coefficient (Wildman–Crippen LogP) is 3.90. The largest absolute Gasteiger partial charge is 0.326 e. The molecule has 1 aromatic carbocycles.